The molecule has 2 aromatic carbocycles. The van der Waals surface area contributed by atoms with Gasteiger partial charge in [0.25, 0.3) is 0 Å². The van der Waals surface area contributed by atoms with Crippen LogP contribution in [0.4, 0.5) is 10.2 Å². The minimum Gasteiger partial charge on any atom is -0.431 e. The molecule has 3 N–H and O–H groups in total. The van der Waals surface area contributed by atoms with Gasteiger partial charge >= 0.3 is 7.52 Å². The fourth-order valence-corrected chi connectivity index (χ4v) is 7.10. The number of halogens is 1. The van der Waals surface area contributed by atoms with Crippen LogP contribution < -0.4 is 15.3 Å². The zero-order valence-electron chi connectivity index (χ0n) is 23.4. The first-order valence-corrected chi connectivity index (χ1v) is 16.5. The Kier molecular flexibility index (Phi) is 10.2. The van der Waals surface area contributed by atoms with Crippen LogP contribution in [-0.4, -0.2) is 49.1 Å². The summed E-state index contributed by atoms with van der Waals surface area (Å²) in [6.45, 7) is 2.05. The van der Waals surface area contributed by atoms with Gasteiger partial charge in [-0.15, -0.1) is 0 Å². The highest BCUT2D eigenvalue weighted by Gasteiger charge is 2.36. The quantitative estimate of drug-likeness (QED) is 0.133. The minimum absolute atomic E-state index is 0.150. The average Bonchev–Trinajstić information content (AvgIpc) is 3.60. The number of nitrogens with two attached hydrogens (primary N) is 1. The van der Waals surface area contributed by atoms with Gasteiger partial charge in [0.1, 0.15) is 17.6 Å². The maximum Gasteiger partial charge on any atom is 0.342 e. The van der Waals surface area contributed by atoms with Gasteiger partial charge < -0.3 is 19.7 Å². The molecule has 0 saturated heterocycles. The molecule has 5 rings (SSSR count). The molecule has 0 fully saturated rings. The van der Waals surface area contributed by atoms with Crippen molar-refractivity contribution >= 4 is 41.4 Å². The number of carbonyl (C=O) groups excluding carboxylic acids is 1. The van der Waals surface area contributed by atoms with Crippen molar-refractivity contribution in [2.75, 3.05) is 17.8 Å². The summed E-state index contributed by atoms with van der Waals surface area (Å²) in [6.07, 6.45) is 2.88. The summed E-state index contributed by atoms with van der Waals surface area (Å²) in [6, 6.07) is 17.2. The molecule has 14 heteroatoms. The molecule has 0 spiro atoms. The Morgan fingerprint density at radius 1 is 1.16 bits per heavy atom. The first kappa shape index (κ1) is 30.8. The Morgan fingerprint density at radius 3 is 2.65 bits per heavy atom. The number of nitrogens with zero attached hydrogens (tertiary/aromatic N) is 4. The summed E-state index contributed by atoms with van der Waals surface area (Å²) in [5, 5.41) is 2.82. The van der Waals surface area contributed by atoms with Crippen LogP contribution in [0.15, 0.2) is 85.2 Å². The zero-order valence-corrected chi connectivity index (χ0v) is 25.1. The highest BCUT2D eigenvalue weighted by molar-refractivity contribution is 8.13. The van der Waals surface area contributed by atoms with Crippen LogP contribution in [0, 0.1) is 0 Å². The zero-order chi connectivity index (χ0) is 30.2. The number of thioether (sulfide) groups is 1. The topological polar surface area (TPSA) is 143 Å². The van der Waals surface area contributed by atoms with E-state index in [9.17, 15) is 9.36 Å². The summed E-state index contributed by atoms with van der Waals surface area (Å²) in [5.74, 6) is 0.457. The molecule has 43 heavy (non-hydrogen) atoms. The molecule has 0 aliphatic carbocycles. The molecule has 0 radical (unpaired) electrons. The highest BCUT2D eigenvalue weighted by atomic mass is 32.2. The van der Waals surface area contributed by atoms with Gasteiger partial charge in [0.05, 0.1) is 12.4 Å². The molecule has 1 unspecified atom stereocenters. The number of carbonyl (C=O) groups is 1. The van der Waals surface area contributed by atoms with Crippen LogP contribution >= 0.6 is 19.3 Å². The molecule has 11 nitrogen and oxygen atoms in total. The number of nitrogens with one attached hydrogen (secondary N) is 1. The molecule has 0 saturated carbocycles. The van der Waals surface area contributed by atoms with Crippen LogP contribution in [0.25, 0.3) is 11.2 Å². The lowest BCUT2D eigenvalue weighted by Crippen LogP contribution is -2.37. The Bertz CT molecular complexity index is 1610. The van der Waals surface area contributed by atoms with E-state index in [1.54, 1.807) is 30.3 Å². The van der Waals surface area contributed by atoms with Crippen molar-refractivity contribution in [2.45, 2.75) is 44.7 Å². The lowest BCUT2D eigenvalue weighted by molar-refractivity contribution is -0.129. The molecule has 2 aromatic heterocycles. The van der Waals surface area contributed by atoms with Gasteiger partial charge in [-0.1, -0.05) is 73.6 Å². The molecular weight excluding hydrogens is 594 g/mol. The summed E-state index contributed by atoms with van der Waals surface area (Å²) < 4.78 is 48.3. The highest BCUT2D eigenvalue weighted by Crippen LogP contribution is 2.45. The maximum absolute atomic E-state index is 15.1. The molecule has 1 aliphatic heterocycles. The minimum atomic E-state index is -3.92. The fourth-order valence-electron chi connectivity index (χ4n) is 4.37. The number of para-hydroxylation sites is 1. The predicted octanol–water partition coefficient (Wildman–Crippen LogP) is 5.62. The van der Waals surface area contributed by atoms with Crippen molar-refractivity contribution in [3.05, 3.63) is 90.8 Å². The number of benzene rings is 2. The van der Waals surface area contributed by atoms with Crippen LogP contribution in [0.5, 0.6) is 5.75 Å². The molecule has 4 aromatic rings. The van der Waals surface area contributed by atoms with E-state index in [4.69, 9.17) is 19.7 Å². The average molecular weight is 627 g/mol. The summed E-state index contributed by atoms with van der Waals surface area (Å²) in [7, 11) is -3.92. The van der Waals surface area contributed by atoms with Gasteiger partial charge in [-0.3, -0.25) is 13.9 Å². The largest absolute Gasteiger partial charge is 0.431 e. The van der Waals surface area contributed by atoms with Gasteiger partial charge in [0, 0.05) is 11.8 Å². The number of anilines is 1. The van der Waals surface area contributed by atoms with Gasteiger partial charge in [0.2, 0.25) is 5.12 Å². The Morgan fingerprint density at radius 2 is 1.91 bits per heavy atom. The lowest BCUT2D eigenvalue weighted by atomic mass is 10.1. The number of imidazole rings is 1. The van der Waals surface area contributed by atoms with E-state index in [0.29, 0.717) is 17.0 Å². The molecule has 0 bridgehead atoms. The molecule has 1 aliphatic rings. The number of hydrogen-bond acceptors (Lipinski definition) is 10. The number of aromatic nitrogens is 4. The third kappa shape index (κ3) is 7.87. The number of unbranched alkanes of at least 4 members (excludes halogenated alkanes) is 1. The first-order chi connectivity index (χ1) is 20.8. The van der Waals surface area contributed by atoms with E-state index in [1.807, 2.05) is 30.3 Å². The normalized spacial score (nSPS) is 18.7. The Balaban J connectivity index is 1.34. The third-order valence-corrected chi connectivity index (χ3v) is 9.26. The Labute approximate surface area is 252 Å². The third-order valence-electron chi connectivity index (χ3n) is 6.50. The Hall–Kier alpha value is -3.61. The van der Waals surface area contributed by atoms with Crippen molar-refractivity contribution in [1.29, 1.82) is 0 Å². The van der Waals surface area contributed by atoms with Crippen LogP contribution in [-0.2, 0) is 25.3 Å². The predicted molar refractivity (Wildman–Crippen MR) is 163 cm³/mol. The smallest absolute Gasteiger partial charge is 0.342 e. The van der Waals surface area contributed by atoms with Crippen molar-refractivity contribution in [1.82, 2.24) is 24.6 Å². The molecule has 0 amide bonds. The van der Waals surface area contributed by atoms with Crippen molar-refractivity contribution < 1.29 is 27.7 Å². The second-order valence-corrected chi connectivity index (χ2v) is 12.9. The standard InChI is InChI=1S/C29H32FN6O5PS/c1-2-3-14-43-29(37)23(15-20-10-6-4-7-11-20)35-42(38,41-21-12-8-5-9-13-21)19-39-24-16-22(30)28(40-24)36-18-34-25-26(31)32-17-33-27(25)36/h4-13,16-18,23-24,28H,2-3,14-15,19H2,1H3,(H,35,38)(H2,31,32,33)/t23-,24+,28-,42?/m1/s1. The van der Waals surface area contributed by atoms with E-state index in [0.717, 1.165) is 24.5 Å². The van der Waals surface area contributed by atoms with E-state index >= 15 is 4.39 Å². The SMILES string of the molecule is CCCCSC(=O)[C@@H](Cc1ccccc1)NP(=O)(CO[C@@H]1C=C(F)[C@H](n2cnc3c(N)ncnc32)O1)Oc1ccccc1. The summed E-state index contributed by atoms with van der Waals surface area (Å²) >= 11 is 1.19. The van der Waals surface area contributed by atoms with Gasteiger partial charge in [-0.25, -0.2) is 24.4 Å². The summed E-state index contributed by atoms with van der Waals surface area (Å²) in [4.78, 5) is 25.5. The van der Waals surface area contributed by atoms with Crippen molar-refractivity contribution in [2.24, 2.45) is 0 Å². The van der Waals surface area contributed by atoms with Crippen LogP contribution in [0.1, 0.15) is 31.6 Å². The summed E-state index contributed by atoms with van der Waals surface area (Å²) in [5.41, 5.74) is 7.33. The van der Waals surface area contributed by atoms with E-state index in [2.05, 4.69) is 27.0 Å². The lowest BCUT2D eigenvalue weighted by Gasteiger charge is -2.26. The monoisotopic (exact) mass is 626 g/mol. The van der Waals surface area contributed by atoms with Crippen LogP contribution in [0.2, 0.25) is 0 Å². The van der Waals surface area contributed by atoms with Crippen molar-refractivity contribution in [3.8, 4) is 5.75 Å². The van der Waals surface area contributed by atoms with E-state index in [-0.39, 0.29) is 23.0 Å². The van der Waals surface area contributed by atoms with Gasteiger partial charge in [-0.05, 0) is 30.5 Å². The number of rotatable bonds is 14. The molecule has 4 atom stereocenters. The van der Waals surface area contributed by atoms with Gasteiger partial charge in [0.15, 0.2) is 36.2 Å². The van der Waals surface area contributed by atoms with Crippen LogP contribution in [0.3, 0.4) is 0 Å². The fraction of sp³-hybridized carbons (Fsp3) is 0.310. The maximum atomic E-state index is 15.1. The number of hydrogen-bond donors (Lipinski definition) is 2. The number of ether oxygens (including phenoxy) is 2. The molecule has 226 valence electrons. The van der Waals surface area contributed by atoms with E-state index < -0.39 is 38.3 Å². The van der Waals surface area contributed by atoms with Gasteiger partial charge in [-0.2, -0.15) is 0 Å². The molecule has 3 heterocycles. The van der Waals surface area contributed by atoms with E-state index in [1.165, 1.54) is 29.0 Å². The molecular formula is C29H32FN6O5PS. The second kappa shape index (κ2) is 14.2. The first-order valence-electron chi connectivity index (χ1n) is 13.7. The number of fused-ring (bicyclic) bond motifs is 1. The second-order valence-electron chi connectivity index (χ2n) is 9.76. The number of nitrogen functional groups attached to an aromatic ring is 1. The van der Waals surface area contributed by atoms with Crippen molar-refractivity contribution in [3.63, 3.8) is 0 Å².